The fourth-order valence-corrected chi connectivity index (χ4v) is 2.69. The van der Waals surface area contributed by atoms with Crippen LogP contribution in [0.25, 0.3) is 33.3 Å². The number of aromatic nitrogens is 2. The minimum Gasteiger partial charge on any atom is -0.506 e. The average molecular weight is 301 g/mol. The third-order valence-corrected chi connectivity index (χ3v) is 3.98. The van der Waals surface area contributed by atoms with Crippen LogP contribution in [0.15, 0.2) is 67.0 Å². The number of hydrogen-bond acceptors (Lipinski definition) is 3. The second-order valence-electron chi connectivity index (χ2n) is 5.50. The lowest BCUT2D eigenvalue weighted by Crippen LogP contribution is -1.86. The third kappa shape index (κ3) is 2.40. The molecule has 4 aromatic rings. The van der Waals surface area contributed by atoms with E-state index in [2.05, 4.69) is 28.2 Å². The maximum atomic E-state index is 9.74. The molecule has 0 spiro atoms. The topological polar surface area (TPSA) is 74.9 Å². The van der Waals surface area contributed by atoms with E-state index in [1.54, 1.807) is 18.3 Å². The van der Waals surface area contributed by atoms with Crippen molar-refractivity contribution in [3.63, 3.8) is 0 Å². The normalized spacial score (nSPS) is 11.0. The number of anilines is 1. The Morgan fingerprint density at radius 1 is 0.870 bits per heavy atom. The Morgan fingerprint density at radius 3 is 2.35 bits per heavy atom. The van der Waals surface area contributed by atoms with Crippen LogP contribution in [0.2, 0.25) is 0 Å². The summed E-state index contributed by atoms with van der Waals surface area (Å²) in [4.78, 5) is 7.49. The number of nitrogens with one attached hydrogen (secondary N) is 1. The fraction of sp³-hybridized carbons (Fsp3) is 0. The van der Waals surface area contributed by atoms with Gasteiger partial charge in [-0.25, -0.2) is 0 Å². The lowest BCUT2D eigenvalue weighted by molar-refractivity contribution is 0.478. The maximum Gasteiger partial charge on any atom is 0.139 e. The highest BCUT2D eigenvalue weighted by atomic mass is 16.3. The summed E-state index contributed by atoms with van der Waals surface area (Å²) >= 11 is 0. The number of rotatable bonds is 2. The number of aromatic hydroxyl groups is 1. The summed E-state index contributed by atoms with van der Waals surface area (Å²) in [5.41, 5.74) is 11.2. The number of phenolic OH excluding ortho intramolecular Hbond substituents is 1. The quantitative estimate of drug-likeness (QED) is 0.384. The second-order valence-corrected chi connectivity index (χ2v) is 5.50. The first-order valence-corrected chi connectivity index (χ1v) is 7.33. The second kappa shape index (κ2) is 5.18. The lowest BCUT2D eigenvalue weighted by atomic mass is 10.0. The van der Waals surface area contributed by atoms with Crippen molar-refractivity contribution in [2.24, 2.45) is 0 Å². The van der Waals surface area contributed by atoms with Crippen molar-refractivity contribution >= 4 is 16.6 Å². The van der Waals surface area contributed by atoms with Crippen molar-refractivity contribution in [2.75, 3.05) is 5.73 Å². The highest BCUT2D eigenvalue weighted by molar-refractivity contribution is 5.85. The van der Waals surface area contributed by atoms with Gasteiger partial charge in [-0.2, -0.15) is 0 Å². The molecular formula is C19H15N3O. The van der Waals surface area contributed by atoms with Crippen LogP contribution in [-0.2, 0) is 0 Å². The van der Waals surface area contributed by atoms with Crippen LogP contribution in [0, 0.1) is 0 Å². The smallest absolute Gasteiger partial charge is 0.139 e. The van der Waals surface area contributed by atoms with Gasteiger partial charge in [0, 0.05) is 17.3 Å². The molecular weight excluding hydrogens is 286 g/mol. The molecule has 2 aromatic heterocycles. The number of fused-ring (bicyclic) bond motifs is 1. The highest BCUT2D eigenvalue weighted by Gasteiger charge is 2.05. The molecule has 2 heterocycles. The van der Waals surface area contributed by atoms with Gasteiger partial charge in [-0.1, -0.05) is 30.3 Å². The average Bonchev–Trinajstić information content (AvgIpc) is 3.02. The van der Waals surface area contributed by atoms with Crippen molar-refractivity contribution < 1.29 is 5.11 Å². The zero-order chi connectivity index (χ0) is 15.8. The number of nitrogens with two attached hydrogens (primary N) is 1. The van der Waals surface area contributed by atoms with E-state index < -0.39 is 0 Å². The largest absolute Gasteiger partial charge is 0.506 e. The van der Waals surface area contributed by atoms with Crippen LogP contribution in [0.5, 0.6) is 5.75 Å². The van der Waals surface area contributed by atoms with E-state index in [-0.39, 0.29) is 5.75 Å². The zero-order valence-electron chi connectivity index (χ0n) is 12.3. The molecule has 4 N–H and O–H groups in total. The Balaban J connectivity index is 1.71. The van der Waals surface area contributed by atoms with Gasteiger partial charge in [0.1, 0.15) is 5.75 Å². The van der Waals surface area contributed by atoms with E-state index in [1.807, 2.05) is 30.5 Å². The molecule has 0 aliphatic carbocycles. The van der Waals surface area contributed by atoms with Crippen LogP contribution in [0.4, 0.5) is 5.69 Å². The Hall–Kier alpha value is -3.27. The van der Waals surface area contributed by atoms with Gasteiger partial charge in [0.05, 0.1) is 17.4 Å². The summed E-state index contributed by atoms with van der Waals surface area (Å²) in [6, 6.07) is 17.6. The van der Waals surface area contributed by atoms with Gasteiger partial charge >= 0.3 is 0 Å². The molecule has 4 heteroatoms. The molecule has 112 valence electrons. The Kier molecular flexibility index (Phi) is 3.01. The first kappa shape index (κ1) is 13.4. The maximum absolute atomic E-state index is 9.74. The van der Waals surface area contributed by atoms with Gasteiger partial charge in [0.2, 0.25) is 0 Å². The van der Waals surface area contributed by atoms with Crippen molar-refractivity contribution in [3.05, 3.63) is 67.0 Å². The molecule has 0 saturated carbocycles. The minimum absolute atomic E-state index is 0.106. The summed E-state index contributed by atoms with van der Waals surface area (Å²) in [7, 11) is 0. The van der Waals surface area contributed by atoms with Crippen LogP contribution in [0.3, 0.4) is 0 Å². The summed E-state index contributed by atoms with van der Waals surface area (Å²) in [6.45, 7) is 0. The zero-order valence-corrected chi connectivity index (χ0v) is 12.3. The molecule has 0 aliphatic heterocycles. The van der Waals surface area contributed by atoms with Crippen molar-refractivity contribution in [3.8, 4) is 28.1 Å². The van der Waals surface area contributed by atoms with Crippen molar-refractivity contribution in [2.45, 2.75) is 0 Å². The summed E-state index contributed by atoms with van der Waals surface area (Å²) in [6.07, 6.45) is 3.61. The monoisotopic (exact) mass is 301 g/mol. The molecule has 0 bridgehead atoms. The van der Waals surface area contributed by atoms with E-state index in [4.69, 9.17) is 5.73 Å². The van der Waals surface area contributed by atoms with E-state index in [1.165, 1.54) is 0 Å². The van der Waals surface area contributed by atoms with Gasteiger partial charge in [-0.3, -0.25) is 4.98 Å². The first-order chi connectivity index (χ1) is 11.2. The molecule has 4 nitrogen and oxygen atoms in total. The minimum atomic E-state index is 0.106. The number of phenols is 1. The van der Waals surface area contributed by atoms with Crippen LogP contribution < -0.4 is 5.73 Å². The van der Waals surface area contributed by atoms with Crippen LogP contribution >= 0.6 is 0 Å². The number of nitrogens with zero attached hydrogens (tertiary/aromatic N) is 1. The van der Waals surface area contributed by atoms with E-state index in [0.29, 0.717) is 5.69 Å². The molecule has 4 rings (SSSR count). The van der Waals surface area contributed by atoms with E-state index in [9.17, 15) is 5.11 Å². The van der Waals surface area contributed by atoms with Crippen LogP contribution in [0.1, 0.15) is 0 Å². The number of nitrogen functional groups attached to an aromatic ring is 1. The Labute approximate surface area is 133 Å². The predicted molar refractivity (Wildman–Crippen MR) is 93.0 cm³/mol. The van der Waals surface area contributed by atoms with Gasteiger partial charge in [-0.05, 0) is 41.0 Å². The van der Waals surface area contributed by atoms with Gasteiger partial charge in [-0.15, -0.1) is 0 Å². The molecule has 0 atom stereocenters. The fourth-order valence-electron chi connectivity index (χ4n) is 2.69. The first-order valence-electron chi connectivity index (χ1n) is 7.33. The number of hydrogen-bond donors (Lipinski definition) is 3. The number of aromatic amines is 1. The molecule has 23 heavy (non-hydrogen) atoms. The molecule has 0 amide bonds. The summed E-state index contributed by atoms with van der Waals surface area (Å²) < 4.78 is 0. The number of benzene rings is 2. The lowest BCUT2D eigenvalue weighted by Gasteiger charge is -2.06. The van der Waals surface area contributed by atoms with Gasteiger partial charge in [0.25, 0.3) is 0 Å². The molecule has 0 unspecified atom stereocenters. The van der Waals surface area contributed by atoms with E-state index >= 15 is 0 Å². The molecule has 0 aliphatic rings. The molecule has 2 aromatic carbocycles. The number of pyridine rings is 1. The molecule has 0 saturated heterocycles. The standard InChI is InChI=1S/C19H15N3O/c20-16-6-5-14(10-19(16)23)12-1-3-13(4-2-12)17-9-15-7-8-21-11-18(15)22-17/h1-11,22-23H,20H2. The summed E-state index contributed by atoms with van der Waals surface area (Å²) in [5.74, 6) is 0.106. The molecule has 0 fully saturated rings. The van der Waals surface area contributed by atoms with Gasteiger partial charge < -0.3 is 15.8 Å². The predicted octanol–water partition coefficient (Wildman–Crippen LogP) is 4.18. The molecule has 0 radical (unpaired) electrons. The third-order valence-electron chi connectivity index (χ3n) is 3.98. The highest BCUT2D eigenvalue weighted by Crippen LogP contribution is 2.30. The Bertz CT molecular complexity index is 954. The van der Waals surface area contributed by atoms with Gasteiger partial charge in [0.15, 0.2) is 0 Å². The summed E-state index contributed by atoms with van der Waals surface area (Å²) in [5, 5.41) is 10.9. The number of H-pyrrole nitrogens is 1. The van der Waals surface area contributed by atoms with Crippen molar-refractivity contribution in [1.29, 1.82) is 0 Å². The van der Waals surface area contributed by atoms with E-state index in [0.717, 1.165) is 33.3 Å². The van der Waals surface area contributed by atoms with Crippen LogP contribution in [-0.4, -0.2) is 15.1 Å². The SMILES string of the molecule is Nc1ccc(-c2ccc(-c3cc4ccncc4[nH]3)cc2)cc1O. The Morgan fingerprint density at radius 2 is 1.61 bits per heavy atom. The van der Waals surface area contributed by atoms with Crippen molar-refractivity contribution in [1.82, 2.24) is 9.97 Å².